The molecule has 2 N–H and O–H groups in total. The van der Waals surface area contributed by atoms with E-state index in [4.69, 9.17) is 0 Å². The van der Waals surface area contributed by atoms with Gasteiger partial charge in [-0.2, -0.15) is 0 Å². The summed E-state index contributed by atoms with van der Waals surface area (Å²) >= 11 is 1.72. The Kier molecular flexibility index (Phi) is 6.45. The topological polar surface area (TPSA) is 46.1 Å². The first-order valence-electron chi connectivity index (χ1n) is 11.5. The van der Waals surface area contributed by atoms with Crippen molar-refractivity contribution in [2.45, 2.75) is 26.4 Å². The summed E-state index contributed by atoms with van der Waals surface area (Å²) in [5.41, 5.74) is 6.74. The van der Waals surface area contributed by atoms with Crippen molar-refractivity contribution in [3.8, 4) is 10.6 Å². The van der Waals surface area contributed by atoms with Gasteiger partial charge in [0.15, 0.2) is 0 Å². The highest BCUT2D eigenvalue weighted by atomic mass is 32.1. The van der Waals surface area contributed by atoms with E-state index >= 15 is 0 Å². The maximum absolute atomic E-state index is 12.7. The summed E-state index contributed by atoms with van der Waals surface area (Å²) in [6.45, 7) is 3.33. The smallest absolute Gasteiger partial charge is 0.319 e. The van der Waals surface area contributed by atoms with E-state index in [9.17, 15) is 4.79 Å². The lowest BCUT2D eigenvalue weighted by Gasteiger charge is -2.13. The van der Waals surface area contributed by atoms with Crippen LogP contribution < -0.4 is 10.6 Å². The number of thiophene rings is 1. The highest BCUT2D eigenvalue weighted by Gasteiger charge is 2.20. The fourth-order valence-electron chi connectivity index (χ4n) is 4.35. The number of benzene rings is 3. The average Bonchev–Trinajstić information content (AvgIpc) is 3.51. The minimum atomic E-state index is -0.207. The number of urea groups is 1. The number of aromatic nitrogens is 1. The first-order chi connectivity index (χ1) is 16.7. The molecule has 2 aromatic heterocycles. The molecule has 34 heavy (non-hydrogen) atoms. The van der Waals surface area contributed by atoms with E-state index in [1.165, 1.54) is 21.5 Å². The van der Waals surface area contributed by atoms with Gasteiger partial charge in [-0.15, -0.1) is 11.3 Å². The SMILES string of the molecule is CCc1ccc(NC(=O)NCc2c(-c3cccs3)n(Cc3ccccc3)c3ccccc23)cc1. The van der Waals surface area contributed by atoms with Gasteiger partial charge in [-0.1, -0.05) is 73.7 Å². The number of nitrogens with one attached hydrogen (secondary N) is 2. The molecule has 0 atom stereocenters. The Morgan fingerprint density at radius 2 is 1.62 bits per heavy atom. The van der Waals surface area contributed by atoms with Crippen LogP contribution in [-0.2, 0) is 19.5 Å². The second-order valence-corrected chi connectivity index (χ2v) is 9.20. The fourth-order valence-corrected chi connectivity index (χ4v) is 5.15. The molecule has 3 aromatic carbocycles. The normalized spacial score (nSPS) is 11.0. The van der Waals surface area contributed by atoms with E-state index in [2.05, 4.69) is 88.2 Å². The van der Waals surface area contributed by atoms with Crippen LogP contribution >= 0.6 is 11.3 Å². The standard InChI is InChI=1S/C29H27N3OS/c1-2-21-14-16-23(17-15-21)31-29(33)30-19-25-24-11-6-7-12-26(24)32(20-22-9-4-3-5-10-22)28(25)27-13-8-18-34-27/h3-18H,2,19-20H2,1H3,(H2,30,31,33). The van der Waals surface area contributed by atoms with Gasteiger partial charge >= 0.3 is 6.03 Å². The largest absolute Gasteiger partial charge is 0.335 e. The number of para-hydroxylation sites is 1. The number of nitrogens with zero attached hydrogens (tertiary/aromatic N) is 1. The van der Waals surface area contributed by atoms with Crippen LogP contribution in [0.1, 0.15) is 23.6 Å². The van der Waals surface area contributed by atoms with Gasteiger partial charge in [0, 0.05) is 35.2 Å². The van der Waals surface area contributed by atoms with Crippen molar-refractivity contribution in [1.82, 2.24) is 9.88 Å². The van der Waals surface area contributed by atoms with E-state index in [0.717, 1.165) is 35.3 Å². The number of fused-ring (bicyclic) bond motifs is 1. The lowest BCUT2D eigenvalue weighted by atomic mass is 10.1. The molecular weight excluding hydrogens is 438 g/mol. The minimum absolute atomic E-state index is 0.207. The van der Waals surface area contributed by atoms with Crippen LogP contribution in [0.5, 0.6) is 0 Å². The maximum Gasteiger partial charge on any atom is 0.319 e. The molecule has 0 radical (unpaired) electrons. The summed E-state index contributed by atoms with van der Waals surface area (Å²) in [5.74, 6) is 0. The number of carbonyl (C=O) groups excluding carboxylic acids is 1. The average molecular weight is 466 g/mol. The minimum Gasteiger partial charge on any atom is -0.335 e. The van der Waals surface area contributed by atoms with Gasteiger partial charge in [0.05, 0.1) is 10.6 Å². The summed E-state index contributed by atoms with van der Waals surface area (Å²) in [7, 11) is 0. The van der Waals surface area contributed by atoms with Crippen LogP contribution in [-0.4, -0.2) is 10.6 Å². The molecule has 0 aliphatic rings. The summed E-state index contributed by atoms with van der Waals surface area (Å²) in [6.07, 6.45) is 0.977. The molecule has 4 nitrogen and oxygen atoms in total. The van der Waals surface area contributed by atoms with Crippen molar-refractivity contribution in [1.29, 1.82) is 0 Å². The first kappa shape index (κ1) is 22.0. The molecule has 0 fully saturated rings. The zero-order valence-electron chi connectivity index (χ0n) is 19.1. The highest BCUT2D eigenvalue weighted by Crippen LogP contribution is 2.36. The maximum atomic E-state index is 12.7. The van der Waals surface area contributed by atoms with Gasteiger partial charge in [0.1, 0.15) is 0 Å². The summed E-state index contributed by atoms with van der Waals surface area (Å²) in [6, 6.07) is 30.9. The molecule has 2 heterocycles. The molecule has 5 heteroatoms. The molecule has 5 rings (SSSR count). The number of rotatable bonds is 7. The third kappa shape index (κ3) is 4.61. The summed E-state index contributed by atoms with van der Waals surface area (Å²) in [5, 5.41) is 9.31. The lowest BCUT2D eigenvalue weighted by Crippen LogP contribution is -2.28. The van der Waals surface area contributed by atoms with E-state index in [0.29, 0.717) is 6.54 Å². The predicted octanol–water partition coefficient (Wildman–Crippen LogP) is 7.30. The molecule has 0 spiro atoms. The Hall–Kier alpha value is -3.83. The van der Waals surface area contributed by atoms with Crippen molar-refractivity contribution in [2.24, 2.45) is 0 Å². The van der Waals surface area contributed by atoms with Gasteiger partial charge in [-0.05, 0) is 47.2 Å². The molecule has 2 amide bonds. The van der Waals surface area contributed by atoms with Crippen LogP contribution in [0, 0.1) is 0 Å². The third-order valence-corrected chi connectivity index (χ3v) is 6.94. The van der Waals surface area contributed by atoms with Gasteiger partial charge < -0.3 is 15.2 Å². The number of carbonyl (C=O) groups is 1. The van der Waals surface area contributed by atoms with Crippen LogP contribution in [0.3, 0.4) is 0 Å². The Morgan fingerprint density at radius 1 is 0.853 bits per heavy atom. The highest BCUT2D eigenvalue weighted by molar-refractivity contribution is 7.13. The van der Waals surface area contributed by atoms with Crippen LogP contribution in [0.4, 0.5) is 10.5 Å². The quantitative estimate of drug-likeness (QED) is 0.260. The lowest BCUT2D eigenvalue weighted by molar-refractivity contribution is 0.252. The van der Waals surface area contributed by atoms with Gasteiger partial charge in [-0.3, -0.25) is 0 Å². The second kappa shape index (κ2) is 9.98. The van der Waals surface area contributed by atoms with Crippen LogP contribution in [0.2, 0.25) is 0 Å². The van der Waals surface area contributed by atoms with E-state index in [1.807, 2.05) is 30.3 Å². The van der Waals surface area contributed by atoms with Gasteiger partial charge in [0.2, 0.25) is 0 Å². The Morgan fingerprint density at radius 3 is 2.35 bits per heavy atom. The van der Waals surface area contributed by atoms with Gasteiger partial charge in [0.25, 0.3) is 0 Å². The van der Waals surface area contributed by atoms with Crippen LogP contribution in [0.15, 0.2) is 96.4 Å². The molecule has 170 valence electrons. The molecule has 5 aromatic rings. The summed E-state index contributed by atoms with van der Waals surface area (Å²) in [4.78, 5) is 13.9. The number of aryl methyl sites for hydroxylation is 1. The van der Waals surface area contributed by atoms with Crippen molar-refractivity contribution in [2.75, 3.05) is 5.32 Å². The first-order valence-corrected chi connectivity index (χ1v) is 12.4. The molecule has 0 saturated heterocycles. The molecule has 0 saturated carbocycles. The van der Waals surface area contributed by atoms with Crippen LogP contribution in [0.25, 0.3) is 21.5 Å². The van der Waals surface area contributed by atoms with E-state index in [-0.39, 0.29) is 6.03 Å². The molecule has 0 aliphatic carbocycles. The predicted molar refractivity (Wildman–Crippen MR) is 142 cm³/mol. The molecule has 0 bridgehead atoms. The Labute approximate surface area is 203 Å². The molecule has 0 aliphatic heterocycles. The van der Waals surface area contributed by atoms with Crippen molar-refractivity contribution < 1.29 is 4.79 Å². The number of anilines is 1. The second-order valence-electron chi connectivity index (χ2n) is 8.25. The fraction of sp³-hybridized carbons (Fsp3) is 0.138. The van der Waals surface area contributed by atoms with E-state index < -0.39 is 0 Å². The zero-order valence-corrected chi connectivity index (χ0v) is 19.9. The van der Waals surface area contributed by atoms with Gasteiger partial charge in [-0.25, -0.2) is 4.79 Å². The van der Waals surface area contributed by atoms with E-state index in [1.54, 1.807) is 11.3 Å². The number of hydrogen-bond acceptors (Lipinski definition) is 2. The monoisotopic (exact) mass is 465 g/mol. The third-order valence-electron chi connectivity index (χ3n) is 6.06. The van der Waals surface area contributed by atoms with Crippen molar-refractivity contribution in [3.05, 3.63) is 113 Å². The van der Waals surface area contributed by atoms with Crippen molar-refractivity contribution >= 4 is 34.0 Å². The molecular formula is C29H27N3OS. The summed E-state index contributed by atoms with van der Waals surface area (Å²) < 4.78 is 2.37. The number of hydrogen-bond donors (Lipinski definition) is 2. The Bertz CT molecular complexity index is 1390. The zero-order chi connectivity index (χ0) is 23.3. The molecule has 0 unspecified atom stereocenters. The van der Waals surface area contributed by atoms with Crippen molar-refractivity contribution in [3.63, 3.8) is 0 Å². The number of amides is 2. The Balaban J connectivity index is 1.47.